The molecule has 0 radical (unpaired) electrons. The molecule has 3 heteroatoms. The van der Waals surface area contributed by atoms with Gasteiger partial charge in [-0.05, 0) is 30.7 Å². The van der Waals surface area contributed by atoms with E-state index in [0.29, 0.717) is 6.54 Å². The lowest BCUT2D eigenvalue weighted by atomic mass is 10.1. The Balaban J connectivity index is 2.07. The summed E-state index contributed by atoms with van der Waals surface area (Å²) in [6.07, 6.45) is 1.77. The van der Waals surface area contributed by atoms with Crippen LogP contribution in [0, 0.1) is 6.92 Å². The van der Waals surface area contributed by atoms with Gasteiger partial charge in [0.1, 0.15) is 11.3 Å². The fourth-order valence-corrected chi connectivity index (χ4v) is 2.20. The van der Waals surface area contributed by atoms with Crippen molar-refractivity contribution >= 4 is 10.9 Å². The Morgan fingerprint density at radius 2 is 1.90 bits per heavy atom. The van der Waals surface area contributed by atoms with Gasteiger partial charge in [-0.2, -0.15) is 0 Å². The van der Waals surface area contributed by atoms with Crippen LogP contribution < -0.4 is 10.5 Å². The van der Waals surface area contributed by atoms with E-state index in [1.807, 2.05) is 55.5 Å². The highest BCUT2D eigenvalue weighted by atomic mass is 16.5. The van der Waals surface area contributed by atoms with Gasteiger partial charge in [-0.1, -0.05) is 30.3 Å². The van der Waals surface area contributed by atoms with Crippen molar-refractivity contribution in [1.29, 1.82) is 0 Å². The van der Waals surface area contributed by atoms with Crippen molar-refractivity contribution < 1.29 is 4.74 Å². The van der Waals surface area contributed by atoms with Crippen molar-refractivity contribution in [1.82, 2.24) is 4.98 Å². The lowest BCUT2D eigenvalue weighted by Crippen LogP contribution is -2.00. The van der Waals surface area contributed by atoms with Crippen LogP contribution in [0.5, 0.6) is 11.5 Å². The molecule has 0 atom stereocenters. The number of aryl methyl sites for hydroxylation is 1. The molecular formula is C17H16N2O. The lowest BCUT2D eigenvalue weighted by Gasteiger charge is -2.12. The lowest BCUT2D eigenvalue weighted by molar-refractivity contribution is 0.480. The normalized spacial score (nSPS) is 10.7. The monoisotopic (exact) mass is 264 g/mol. The standard InChI is InChI=1S/C17H16N2O/c1-12-7-8-14(11-18)16(10-12)20-15-6-2-4-13-5-3-9-19-17(13)15/h2-10H,11,18H2,1H3. The number of hydrogen-bond donors (Lipinski definition) is 1. The van der Waals surface area contributed by atoms with Crippen molar-refractivity contribution in [3.05, 3.63) is 65.9 Å². The Labute approximate surface area is 118 Å². The van der Waals surface area contributed by atoms with Crippen molar-refractivity contribution in [2.45, 2.75) is 13.5 Å². The molecule has 0 spiro atoms. The average Bonchev–Trinajstić information content (AvgIpc) is 2.48. The molecule has 3 nitrogen and oxygen atoms in total. The van der Waals surface area contributed by atoms with Crippen LogP contribution >= 0.6 is 0 Å². The molecular weight excluding hydrogens is 248 g/mol. The molecule has 2 N–H and O–H groups in total. The molecule has 20 heavy (non-hydrogen) atoms. The summed E-state index contributed by atoms with van der Waals surface area (Å²) in [6.45, 7) is 2.49. The zero-order valence-electron chi connectivity index (χ0n) is 11.3. The summed E-state index contributed by atoms with van der Waals surface area (Å²) in [7, 11) is 0. The second-order valence-electron chi connectivity index (χ2n) is 4.75. The smallest absolute Gasteiger partial charge is 0.153 e. The molecule has 0 aliphatic rings. The molecule has 2 aromatic carbocycles. The molecule has 0 bridgehead atoms. The minimum Gasteiger partial charge on any atom is -0.455 e. The molecule has 0 unspecified atom stereocenters. The number of rotatable bonds is 3. The second-order valence-corrected chi connectivity index (χ2v) is 4.75. The van der Waals surface area contributed by atoms with Gasteiger partial charge in [0.15, 0.2) is 5.75 Å². The summed E-state index contributed by atoms with van der Waals surface area (Å²) < 4.78 is 6.05. The van der Waals surface area contributed by atoms with Crippen LogP contribution in [0.1, 0.15) is 11.1 Å². The Kier molecular flexibility index (Phi) is 3.35. The van der Waals surface area contributed by atoms with Gasteiger partial charge < -0.3 is 10.5 Å². The van der Waals surface area contributed by atoms with Crippen LogP contribution in [0.25, 0.3) is 10.9 Å². The number of nitrogens with two attached hydrogens (primary N) is 1. The molecule has 1 aromatic heterocycles. The van der Waals surface area contributed by atoms with Gasteiger partial charge in [0.05, 0.1) is 0 Å². The van der Waals surface area contributed by atoms with Crippen molar-refractivity contribution in [2.24, 2.45) is 5.73 Å². The van der Waals surface area contributed by atoms with E-state index in [1.54, 1.807) is 6.20 Å². The first-order valence-corrected chi connectivity index (χ1v) is 6.59. The molecule has 3 aromatic rings. The van der Waals surface area contributed by atoms with Gasteiger partial charge >= 0.3 is 0 Å². The van der Waals surface area contributed by atoms with Crippen LogP contribution in [-0.2, 0) is 6.54 Å². The van der Waals surface area contributed by atoms with Gasteiger partial charge in [0, 0.05) is 23.7 Å². The largest absolute Gasteiger partial charge is 0.455 e. The van der Waals surface area contributed by atoms with Crippen LogP contribution in [0.4, 0.5) is 0 Å². The van der Waals surface area contributed by atoms with Crippen LogP contribution in [-0.4, -0.2) is 4.98 Å². The minimum atomic E-state index is 0.452. The number of fused-ring (bicyclic) bond motifs is 1. The number of ether oxygens (including phenoxy) is 1. The fourth-order valence-electron chi connectivity index (χ4n) is 2.20. The number of pyridine rings is 1. The summed E-state index contributed by atoms with van der Waals surface area (Å²) in [4.78, 5) is 4.40. The minimum absolute atomic E-state index is 0.452. The quantitative estimate of drug-likeness (QED) is 0.782. The van der Waals surface area contributed by atoms with E-state index >= 15 is 0 Å². The first-order valence-electron chi connectivity index (χ1n) is 6.59. The Hall–Kier alpha value is -2.39. The Morgan fingerprint density at radius 1 is 1.05 bits per heavy atom. The maximum Gasteiger partial charge on any atom is 0.153 e. The third-order valence-electron chi connectivity index (χ3n) is 3.26. The maximum absolute atomic E-state index is 6.05. The number of nitrogens with zero attached hydrogens (tertiary/aromatic N) is 1. The second kappa shape index (κ2) is 5.31. The van der Waals surface area contributed by atoms with Gasteiger partial charge in [0.2, 0.25) is 0 Å². The first-order chi connectivity index (χ1) is 9.78. The van der Waals surface area contributed by atoms with E-state index in [2.05, 4.69) is 4.98 Å². The predicted octanol–water partition coefficient (Wildman–Crippen LogP) is 3.79. The number of aromatic nitrogens is 1. The van der Waals surface area contributed by atoms with Crippen molar-refractivity contribution in [3.63, 3.8) is 0 Å². The maximum atomic E-state index is 6.05. The topological polar surface area (TPSA) is 48.1 Å². The van der Waals surface area contributed by atoms with E-state index in [4.69, 9.17) is 10.5 Å². The summed E-state index contributed by atoms with van der Waals surface area (Å²) in [5.41, 5.74) is 8.77. The molecule has 0 aliphatic heterocycles. The average molecular weight is 264 g/mol. The molecule has 1 heterocycles. The van der Waals surface area contributed by atoms with Crippen LogP contribution in [0.2, 0.25) is 0 Å². The zero-order valence-corrected chi connectivity index (χ0v) is 11.3. The first kappa shape index (κ1) is 12.6. The summed E-state index contributed by atoms with van der Waals surface area (Å²) in [5, 5.41) is 1.06. The van der Waals surface area contributed by atoms with Gasteiger partial charge in [-0.25, -0.2) is 0 Å². The van der Waals surface area contributed by atoms with Crippen molar-refractivity contribution in [2.75, 3.05) is 0 Å². The SMILES string of the molecule is Cc1ccc(CN)c(Oc2cccc3cccnc23)c1. The number of benzene rings is 2. The van der Waals surface area contributed by atoms with E-state index < -0.39 is 0 Å². The molecule has 0 fully saturated rings. The predicted molar refractivity (Wildman–Crippen MR) is 80.9 cm³/mol. The summed E-state index contributed by atoms with van der Waals surface area (Å²) in [5.74, 6) is 1.55. The van der Waals surface area contributed by atoms with Gasteiger partial charge in [-0.15, -0.1) is 0 Å². The Bertz CT molecular complexity index is 748. The highest BCUT2D eigenvalue weighted by Gasteiger charge is 2.07. The molecule has 0 aliphatic carbocycles. The van der Waals surface area contributed by atoms with E-state index in [0.717, 1.165) is 33.5 Å². The molecule has 0 saturated carbocycles. The molecule has 3 rings (SSSR count). The molecule has 100 valence electrons. The Morgan fingerprint density at radius 3 is 2.75 bits per heavy atom. The van der Waals surface area contributed by atoms with Crippen LogP contribution in [0.3, 0.4) is 0 Å². The summed E-state index contributed by atoms with van der Waals surface area (Å²) in [6, 6.07) is 15.9. The number of para-hydroxylation sites is 1. The number of hydrogen-bond acceptors (Lipinski definition) is 3. The molecule has 0 saturated heterocycles. The third kappa shape index (κ3) is 2.36. The van der Waals surface area contributed by atoms with E-state index in [-0.39, 0.29) is 0 Å². The van der Waals surface area contributed by atoms with Crippen molar-refractivity contribution in [3.8, 4) is 11.5 Å². The highest BCUT2D eigenvalue weighted by molar-refractivity contribution is 5.84. The van der Waals surface area contributed by atoms with Crippen LogP contribution in [0.15, 0.2) is 54.7 Å². The van der Waals surface area contributed by atoms with E-state index in [9.17, 15) is 0 Å². The zero-order chi connectivity index (χ0) is 13.9. The summed E-state index contributed by atoms with van der Waals surface area (Å²) >= 11 is 0. The molecule has 0 amide bonds. The fraction of sp³-hybridized carbons (Fsp3) is 0.118. The third-order valence-corrected chi connectivity index (χ3v) is 3.26. The van der Waals surface area contributed by atoms with Gasteiger partial charge in [-0.3, -0.25) is 4.98 Å². The van der Waals surface area contributed by atoms with Gasteiger partial charge in [0.25, 0.3) is 0 Å². The van der Waals surface area contributed by atoms with E-state index in [1.165, 1.54) is 0 Å². The highest BCUT2D eigenvalue weighted by Crippen LogP contribution is 2.30.